The van der Waals surface area contributed by atoms with Gasteiger partial charge in [0.15, 0.2) is 5.78 Å². The molecular formula is C15H12Br2O2. The van der Waals surface area contributed by atoms with Gasteiger partial charge in [-0.3, -0.25) is 4.79 Å². The zero-order chi connectivity index (χ0) is 13.8. The fourth-order valence-corrected chi connectivity index (χ4v) is 2.57. The number of rotatable bonds is 4. The lowest BCUT2D eigenvalue weighted by Crippen LogP contribution is -2.22. The molecule has 0 fully saturated rings. The quantitative estimate of drug-likeness (QED) is 0.636. The minimum absolute atomic E-state index is 0.135. The molecule has 0 spiro atoms. The van der Waals surface area contributed by atoms with Crippen LogP contribution >= 0.6 is 31.9 Å². The van der Waals surface area contributed by atoms with Crippen molar-refractivity contribution in [1.29, 1.82) is 0 Å². The maximum Gasteiger partial charge on any atom is 0.179 e. The summed E-state index contributed by atoms with van der Waals surface area (Å²) in [6.07, 6.45) is -0.864. The SMILES string of the molecule is O=C(c1ccc(Br)cc1)[C@H](Br)[C@@H](O)c1ccccc1. The van der Waals surface area contributed by atoms with E-state index in [-0.39, 0.29) is 5.78 Å². The van der Waals surface area contributed by atoms with Crippen LogP contribution in [-0.4, -0.2) is 15.7 Å². The highest BCUT2D eigenvalue weighted by Crippen LogP contribution is 2.26. The van der Waals surface area contributed by atoms with Crippen molar-refractivity contribution >= 4 is 37.6 Å². The molecule has 98 valence electrons. The van der Waals surface area contributed by atoms with Crippen molar-refractivity contribution in [3.8, 4) is 0 Å². The van der Waals surface area contributed by atoms with Crippen molar-refractivity contribution in [3.05, 3.63) is 70.2 Å². The van der Waals surface area contributed by atoms with E-state index in [0.29, 0.717) is 5.56 Å². The number of hydrogen-bond donors (Lipinski definition) is 1. The molecule has 0 aliphatic rings. The van der Waals surface area contributed by atoms with E-state index in [2.05, 4.69) is 31.9 Å². The average molecular weight is 384 g/mol. The second-order valence-corrected chi connectivity index (χ2v) is 6.03. The Balaban J connectivity index is 2.17. The van der Waals surface area contributed by atoms with E-state index in [1.807, 2.05) is 30.3 Å². The van der Waals surface area contributed by atoms with Gasteiger partial charge in [-0.05, 0) is 17.7 Å². The predicted molar refractivity (Wildman–Crippen MR) is 82.6 cm³/mol. The normalized spacial score (nSPS) is 13.8. The smallest absolute Gasteiger partial charge is 0.179 e. The molecule has 2 nitrogen and oxygen atoms in total. The van der Waals surface area contributed by atoms with Crippen molar-refractivity contribution < 1.29 is 9.90 Å². The monoisotopic (exact) mass is 382 g/mol. The number of halogens is 2. The summed E-state index contributed by atoms with van der Waals surface area (Å²) in [6.45, 7) is 0. The van der Waals surface area contributed by atoms with Gasteiger partial charge in [-0.2, -0.15) is 0 Å². The van der Waals surface area contributed by atoms with E-state index in [4.69, 9.17) is 0 Å². The molecule has 4 heteroatoms. The molecule has 19 heavy (non-hydrogen) atoms. The molecular weight excluding hydrogens is 372 g/mol. The van der Waals surface area contributed by atoms with Crippen LogP contribution in [0.3, 0.4) is 0 Å². The number of benzene rings is 2. The van der Waals surface area contributed by atoms with E-state index in [0.717, 1.165) is 10.0 Å². The standard InChI is InChI=1S/C15H12Br2O2/c16-12-8-6-11(7-9-12)15(19)13(17)14(18)10-4-2-1-3-5-10/h1-9,13-14,18H/t13-,14+/m1/s1. The Morgan fingerprint density at radius 3 is 2.16 bits per heavy atom. The van der Waals surface area contributed by atoms with Crippen molar-refractivity contribution in [3.63, 3.8) is 0 Å². The highest BCUT2D eigenvalue weighted by molar-refractivity contribution is 9.10. The van der Waals surface area contributed by atoms with Gasteiger partial charge in [-0.1, -0.05) is 74.3 Å². The first-order chi connectivity index (χ1) is 9.09. The van der Waals surface area contributed by atoms with Crippen LogP contribution in [0.15, 0.2) is 59.1 Å². The Morgan fingerprint density at radius 1 is 1.00 bits per heavy atom. The summed E-state index contributed by atoms with van der Waals surface area (Å²) in [5.74, 6) is -0.135. The van der Waals surface area contributed by atoms with Gasteiger partial charge in [0.2, 0.25) is 0 Å². The zero-order valence-electron chi connectivity index (χ0n) is 9.96. The highest BCUT2D eigenvalue weighted by Gasteiger charge is 2.26. The molecule has 0 saturated heterocycles. The van der Waals surface area contributed by atoms with Crippen LogP contribution < -0.4 is 0 Å². The number of carbonyl (C=O) groups excluding carboxylic acids is 1. The summed E-state index contributed by atoms with van der Waals surface area (Å²) in [7, 11) is 0. The molecule has 2 rings (SSSR count). The highest BCUT2D eigenvalue weighted by atomic mass is 79.9. The van der Waals surface area contributed by atoms with Gasteiger partial charge in [0, 0.05) is 10.0 Å². The van der Waals surface area contributed by atoms with Crippen molar-refractivity contribution in [2.24, 2.45) is 0 Å². The summed E-state index contributed by atoms with van der Waals surface area (Å²) in [5, 5.41) is 10.2. The minimum Gasteiger partial charge on any atom is -0.387 e. The molecule has 0 unspecified atom stereocenters. The Labute approximate surface area is 128 Å². The predicted octanol–water partition coefficient (Wildman–Crippen LogP) is 4.13. The van der Waals surface area contributed by atoms with Crippen molar-refractivity contribution in [1.82, 2.24) is 0 Å². The van der Waals surface area contributed by atoms with Gasteiger partial charge in [0.05, 0.1) is 6.10 Å². The van der Waals surface area contributed by atoms with E-state index in [9.17, 15) is 9.90 Å². The van der Waals surface area contributed by atoms with Gasteiger partial charge in [0.25, 0.3) is 0 Å². The average Bonchev–Trinajstić information content (AvgIpc) is 2.46. The van der Waals surface area contributed by atoms with Crippen molar-refractivity contribution in [2.75, 3.05) is 0 Å². The van der Waals surface area contributed by atoms with Gasteiger partial charge in [-0.15, -0.1) is 0 Å². The van der Waals surface area contributed by atoms with Crippen LogP contribution in [-0.2, 0) is 0 Å². The zero-order valence-corrected chi connectivity index (χ0v) is 13.1. The molecule has 0 aliphatic heterocycles. The minimum atomic E-state index is -0.864. The second-order valence-electron chi connectivity index (χ2n) is 4.13. The molecule has 0 heterocycles. The number of alkyl halides is 1. The number of Topliss-reactive ketones (excluding diaryl/α,β-unsaturated/α-hetero) is 1. The lowest BCUT2D eigenvalue weighted by Gasteiger charge is -2.16. The van der Waals surface area contributed by atoms with Crippen LogP contribution in [0.25, 0.3) is 0 Å². The van der Waals surface area contributed by atoms with Crippen LogP contribution in [0.5, 0.6) is 0 Å². The first-order valence-corrected chi connectivity index (χ1v) is 7.47. The summed E-state index contributed by atoms with van der Waals surface area (Å²) >= 11 is 6.61. The Hall–Kier alpha value is -0.970. The molecule has 0 radical (unpaired) electrons. The molecule has 0 bridgehead atoms. The topological polar surface area (TPSA) is 37.3 Å². The van der Waals surface area contributed by atoms with E-state index >= 15 is 0 Å². The maximum atomic E-state index is 12.2. The second kappa shape index (κ2) is 6.46. The molecule has 2 aromatic carbocycles. The fraction of sp³-hybridized carbons (Fsp3) is 0.133. The molecule has 0 saturated carbocycles. The third-order valence-corrected chi connectivity index (χ3v) is 4.24. The van der Waals surface area contributed by atoms with Gasteiger partial charge < -0.3 is 5.11 Å². The molecule has 0 amide bonds. The summed E-state index contributed by atoms with van der Waals surface area (Å²) in [6, 6.07) is 16.2. The third kappa shape index (κ3) is 3.53. The first-order valence-electron chi connectivity index (χ1n) is 5.76. The fourth-order valence-electron chi connectivity index (χ4n) is 1.74. The van der Waals surface area contributed by atoms with E-state index in [1.54, 1.807) is 24.3 Å². The van der Waals surface area contributed by atoms with Gasteiger partial charge >= 0.3 is 0 Å². The number of ketones is 1. The van der Waals surface area contributed by atoms with Gasteiger partial charge in [0.1, 0.15) is 4.83 Å². The largest absolute Gasteiger partial charge is 0.387 e. The molecule has 2 atom stereocenters. The van der Waals surface area contributed by atoms with Crippen molar-refractivity contribution in [2.45, 2.75) is 10.9 Å². The lowest BCUT2D eigenvalue weighted by molar-refractivity contribution is 0.0902. The maximum absolute atomic E-state index is 12.2. The summed E-state index contributed by atoms with van der Waals surface area (Å²) < 4.78 is 0.916. The number of aliphatic hydroxyl groups is 1. The Bertz CT molecular complexity index is 552. The van der Waals surface area contributed by atoms with Crippen LogP contribution in [0, 0.1) is 0 Å². The number of carbonyl (C=O) groups is 1. The third-order valence-electron chi connectivity index (χ3n) is 2.80. The van der Waals surface area contributed by atoms with E-state index < -0.39 is 10.9 Å². The molecule has 2 aromatic rings. The Kier molecular flexibility index (Phi) is 4.91. The number of aliphatic hydroxyl groups excluding tert-OH is 1. The molecule has 1 N–H and O–H groups in total. The number of hydrogen-bond acceptors (Lipinski definition) is 2. The summed E-state index contributed by atoms with van der Waals surface area (Å²) in [4.78, 5) is 11.6. The van der Waals surface area contributed by atoms with Crippen LogP contribution in [0.2, 0.25) is 0 Å². The Morgan fingerprint density at radius 2 is 1.58 bits per heavy atom. The molecule has 0 aromatic heterocycles. The first kappa shape index (κ1) is 14.4. The molecule has 0 aliphatic carbocycles. The summed E-state index contributed by atoms with van der Waals surface area (Å²) in [5.41, 5.74) is 1.29. The van der Waals surface area contributed by atoms with Crippen LogP contribution in [0.1, 0.15) is 22.0 Å². The van der Waals surface area contributed by atoms with Crippen LogP contribution in [0.4, 0.5) is 0 Å². The van der Waals surface area contributed by atoms with Gasteiger partial charge in [-0.25, -0.2) is 0 Å². The lowest BCUT2D eigenvalue weighted by atomic mass is 10.0. The van der Waals surface area contributed by atoms with E-state index in [1.165, 1.54) is 0 Å².